The first kappa shape index (κ1) is 18.7. The first-order valence-electron chi connectivity index (χ1n) is 7.32. The van der Waals surface area contributed by atoms with Crippen molar-refractivity contribution in [1.82, 2.24) is 5.32 Å². The molecule has 1 aromatic carbocycles. The fourth-order valence-corrected chi connectivity index (χ4v) is 2.59. The molecule has 0 heterocycles. The molecule has 0 amide bonds. The summed E-state index contributed by atoms with van der Waals surface area (Å²) in [5.41, 5.74) is 0.189. The minimum absolute atomic E-state index is 0.0978. The first-order valence-corrected chi connectivity index (χ1v) is 8.49. The Balaban J connectivity index is 2.14. The number of rotatable bonds is 8. The van der Waals surface area contributed by atoms with Gasteiger partial charge < -0.3 is 10.1 Å². The summed E-state index contributed by atoms with van der Waals surface area (Å²) in [4.78, 5) is 0. The molecule has 1 aromatic rings. The molecule has 0 aromatic heterocycles. The van der Waals surface area contributed by atoms with E-state index in [4.69, 9.17) is 16.3 Å². The predicted octanol–water partition coefficient (Wildman–Crippen LogP) is 5.57. The molecule has 0 aliphatic rings. The van der Waals surface area contributed by atoms with Gasteiger partial charge in [-0.3, -0.25) is 0 Å². The number of ether oxygens (including phenoxy) is 1. The van der Waals surface area contributed by atoms with Crippen molar-refractivity contribution in [3.8, 4) is 5.75 Å². The van der Waals surface area contributed by atoms with E-state index in [1.165, 1.54) is 18.6 Å². The third-order valence-corrected chi connectivity index (χ3v) is 3.87. The quantitative estimate of drug-likeness (QED) is 0.470. The van der Waals surface area contributed by atoms with E-state index in [2.05, 4.69) is 42.0 Å². The van der Waals surface area contributed by atoms with Crippen LogP contribution in [-0.2, 0) is 0 Å². The Bertz CT molecular complexity index is 449. The van der Waals surface area contributed by atoms with Crippen molar-refractivity contribution in [3.63, 3.8) is 0 Å². The van der Waals surface area contributed by atoms with Crippen LogP contribution in [0, 0.1) is 5.82 Å². The lowest BCUT2D eigenvalue weighted by molar-refractivity contribution is 0.300. The van der Waals surface area contributed by atoms with Crippen molar-refractivity contribution in [2.45, 2.75) is 52.0 Å². The lowest BCUT2D eigenvalue weighted by atomic mass is 10.1. The topological polar surface area (TPSA) is 21.3 Å². The molecule has 0 spiro atoms. The van der Waals surface area contributed by atoms with Crippen LogP contribution in [0.15, 0.2) is 16.6 Å². The van der Waals surface area contributed by atoms with Crippen molar-refractivity contribution >= 4 is 27.5 Å². The third kappa shape index (κ3) is 8.03. The molecule has 21 heavy (non-hydrogen) atoms. The molecule has 120 valence electrons. The number of hydrogen-bond acceptors (Lipinski definition) is 2. The van der Waals surface area contributed by atoms with E-state index in [-0.39, 0.29) is 10.6 Å². The Kier molecular flexibility index (Phi) is 7.99. The fourth-order valence-electron chi connectivity index (χ4n) is 1.84. The Labute approximate surface area is 140 Å². The van der Waals surface area contributed by atoms with Crippen molar-refractivity contribution in [1.29, 1.82) is 0 Å². The number of unbranched alkanes of at least 4 members (excludes halogenated alkanes) is 3. The van der Waals surface area contributed by atoms with Crippen LogP contribution in [0.25, 0.3) is 0 Å². The molecule has 0 saturated carbocycles. The summed E-state index contributed by atoms with van der Waals surface area (Å²) in [5, 5.41) is 3.56. The summed E-state index contributed by atoms with van der Waals surface area (Å²) in [7, 11) is 0. The van der Waals surface area contributed by atoms with Crippen LogP contribution in [0.4, 0.5) is 4.39 Å². The van der Waals surface area contributed by atoms with Gasteiger partial charge in [-0.25, -0.2) is 4.39 Å². The summed E-state index contributed by atoms with van der Waals surface area (Å²) in [6, 6.07) is 2.84. The Morgan fingerprint density at radius 1 is 1.19 bits per heavy atom. The van der Waals surface area contributed by atoms with Gasteiger partial charge >= 0.3 is 0 Å². The van der Waals surface area contributed by atoms with Gasteiger partial charge in [0.05, 0.1) is 16.1 Å². The van der Waals surface area contributed by atoms with E-state index < -0.39 is 5.82 Å². The second-order valence-corrected chi connectivity index (χ2v) is 7.40. The van der Waals surface area contributed by atoms with Crippen LogP contribution in [0.3, 0.4) is 0 Å². The maximum Gasteiger partial charge on any atom is 0.145 e. The highest BCUT2D eigenvalue weighted by molar-refractivity contribution is 9.10. The van der Waals surface area contributed by atoms with Gasteiger partial charge in [-0.05, 0) is 62.2 Å². The first-order chi connectivity index (χ1) is 9.79. The molecular weight excluding hydrogens is 357 g/mol. The SMILES string of the molecule is CC(C)(C)NCCCCCCOc1cc(F)c(Cl)cc1Br. The minimum atomic E-state index is -0.455. The van der Waals surface area contributed by atoms with Crippen molar-refractivity contribution in [2.75, 3.05) is 13.2 Å². The number of hydrogen-bond donors (Lipinski definition) is 1. The summed E-state index contributed by atoms with van der Waals surface area (Å²) < 4.78 is 19.6. The van der Waals surface area contributed by atoms with E-state index in [9.17, 15) is 4.39 Å². The van der Waals surface area contributed by atoms with Gasteiger partial charge in [0.2, 0.25) is 0 Å². The molecule has 0 aliphatic heterocycles. The largest absolute Gasteiger partial charge is 0.492 e. The van der Waals surface area contributed by atoms with Crippen molar-refractivity contribution in [2.24, 2.45) is 0 Å². The molecule has 0 unspecified atom stereocenters. The maximum absolute atomic E-state index is 13.3. The molecule has 0 saturated heterocycles. The zero-order valence-corrected chi connectivity index (χ0v) is 15.3. The third-order valence-electron chi connectivity index (χ3n) is 2.96. The van der Waals surface area contributed by atoms with E-state index in [1.807, 2.05) is 0 Å². The average molecular weight is 381 g/mol. The van der Waals surface area contributed by atoms with Gasteiger partial charge in [0, 0.05) is 11.6 Å². The summed E-state index contributed by atoms with van der Waals surface area (Å²) in [6.45, 7) is 8.14. The van der Waals surface area contributed by atoms with Gasteiger partial charge in [0.25, 0.3) is 0 Å². The van der Waals surface area contributed by atoms with Crippen LogP contribution >= 0.6 is 27.5 Å². The molecule has 0 fully saturated rings. The van der Waals surface area contributed by atoms with Crippen LogP contribution < -0.4 is 10.1 Å². The lowest BCUT2D eigenvalue weighted by Gasteiger charge is -2.20. The Hall–Kier alpha value is -0.320. The molecule has 0 atom stereocenters. The molecule has 0 aliphatic carbocycles. The van der Waals surface area contributed by atoms with Crippen LogP contribution in [0.1, 0.15) is 46.5 Å². The van der Waals surface area contributed by atoms with Gasteiger partial charge in [0.1, 0.15) is 11.6 Å². The smallest absolute Gasteiger partial charge is 0.145 e. The van der Waals surface area contributed by atoms with E-state index in [0.29, 0.717) is 16.8 Å². The van der Waals surface area contributed by atoms with Gasteiger partial charge in [-0.15, -0.1) is 0 Å². The van der Waals surface area contributed by atoms with Crippen molar-refractivity contribution in [3.05, 3.63) is 27.4 Å². The second-order valence-electron chi connectivity index (χ2n) is 6.14. The van der Waals surface area contributed by atoms with E-state index in [1.54, 1.807) is 0 Å². The fraction of sp³-hybridized carbons (Fsp3) is 0.625. The number of nitrogens with one attached hydrogen (secondary N) is 1. The van der Waals surface area contributed by atoms with Crippen molar-refractivity contribution < 1.29 is 9.13 Å². The van der Waals surface area contributed by atoms with Crippen LogP contribution in [-0.4, -0.2) is 18.7 Å². The summed E-state index contributed by atoms with van der Waals surface area (Å²) >= 11 is 9.00. The Morgan fingerprint density at radius 3 is 2.52 bits per heavy atom. The van der Waals surface area contributed by atoms with Gasteiger partial charge in [0.15, 0.2) is 0 Å². The zero-order valence-electron chi connectivity index (χ0n) is 12.9. The average Bonchev–Trinajstić information content (AvgIpc) is 2.37. The van der Waals surface area contributed by atoms with Gasteiger partial charge in [-0.2, -0.15) is 0 Å². The highest BCUT2D eigenvalue weighted by Crippen LogP contribution is 2.30. The lowest BCUT2D eigenvalue weighted by Crippen LogP contribution is -2.36. The zero-order chi connectivity index (χ0) is 15.9. The molecule has 0 bridgehead atoms. The standard InChI is InChI=1S/C16H24BrClFNO/c1-16(2,3)20-8-6-4-5-7-9-21-15-11-14(19)13(18)10-12(15)17/h10-11,20H,4-9H2,1-3H3. The highest BCUT2D eigenvalue weighted by atomic mass is 79.9. The molecule has 2 nitrogen and oxygen atoms in total. The monoisotopic (exact) mass is 379 g/mol. The minimum Gasteiger partial charge on any atom is -0.492 e. The molecule has 1 rings (SSSR count). The Morgan fingerprint density at radius 2 is 1.86 bits per heavy atom. The second kappa shape index (κ2) is 8.96. The summed E-state index contributed by atoms with van der Waals surface area (Å²) in [5.74, 6) is 0.0504. The van der Waals surface area contributed by atoms with E-state index >= 15 is 0 Å². The highest BCUT2D eigenvalue weighted by Gasteiger charge is 2.08. The molecule has 5 heteroatoms. The molecular formula is C16H24BrClFNO. The number of halogens is 3. The maximum atomic E-state index is 13.3. The normalized spacial score (nSPS) is 11.7. The predicted molar refractivity (Wildman–Crippen MR) is 90.8 cm³/mol. The van der Waals surface area contributed by atoms with E-state index in [0.717, 1.165) is 25.8 Å². The van der Waals surface area contributed by atoms with Crippen LogP contribution in [0.2, 0.25) is 5.02 Å². The number of benzene rings is 1. The summed E-state index contributed by atoms with van der Waals surface area (Å²) in [6.07, 6.45) is 4.41. The van der Waals surface area contributed by atoms with Crippen LogP contribution in [0.5, 0.6) is 5.75 Å². The van der Waals surface area contributed by atoms with Gasteiger partial charge in [-0.1, -0.05) is 24.4 Å². The molecule has 0 radical (unpaired) electrons. The molecule has 1 N–H and O–H groups in total.